The molecule has 15 heavy (non-hydrogen) atoms. The lowest BCUT2D eigenvalue weighted by Crippen LogP contribution is -2.47. The van der Waals surface area contributed by atoms with Crippen molar-refractivity contribution in [3.8, 4) is 0 Å². The van der Waals surface area contributed by atoms with Crippen molar-refractivity contribution in [2.45, 2.75) is 44.9 Å². The molecule has 0 saturated carbocycles. The van der Waals surface area contributed by atoms with Crippen molar-refractivity contribution in [3.05, 3.63) is 0 Å². The van der Waals surface area contributed by atoms with E-state index in [0.717, 1.165) is 19.6 Å². The van der Waals surface area contributed by atoms with Gasteiger partial charge in [-0.2, -0.15) is 0 Å². The summed E-state index contributed by atoms with van der Waals surface area (Å²) in [5, 5.41) is 13.0. The molecule has 0 aromatic rings. The first-order valence-electron chi connectivity index (χ1n) is 5.64. The third kappa shape index (κ3) is 4.93. The molecule has 2 atom stereocenters. The van der Waals surface area contributed by atoms with Crippen LogP contribution >= 0.6 is 0 Å². The van der Waals surface area contributed by atoms with E-state index < -0.39 is 6.10 Å². The van der Waals surface area contributed by atoms with Crippen LogP contribution in [0.25, 0.3) is 0 Å². The SMILES string of the molecule is CC(C)OCC(O)CNC1(C)CCOC1. The maximum absolute atomic E-state index is 9.64. The highest BCUT2D eigenvalue weighted by molar-refractivity contribution is 4.87. The molecule has 0 spiro atoms. The number of hydrogen-bond acceptors (Lipinski definition) is 4. The van der Waals surface area contributed by atoms with Gasteiger partial charge in [0.05, 0.1) is 25.4 Å². The van der Waals surface area contributed by atoms with E-state index in [0.29, 0.717) is 13.2 Å². The highest BCUT2D eigenvalue weighted by Gasteiger charge is 2.29. The molecule has 90 valence electrons. The number of hydrogen-bond donors (Lipinski definition) is 2. The van der Waals surface area contributed by atoms with E-state index in [4.69, 9.17) is 9.47 Å². The molecule has 1 aliphatic rings. The molecule has 1 aliphatic heterocycles. The van der Waals surface area contributed by atoms with Gasteiger partial charge in [0, 0.05) is 18.7 Å². The van der Waals surface area contributed by atoms with E-state index >= 15 is 0 Å². The second-order valence-corrected chi connectivity index (χ2v) is 4.78. The molecule has 0 amide bonds. The van der Waals surface area contributed by atoms with Crippen molar-refractivity contribution in [1.29, 1.82) is 0 Å². The zero-order valence-electron chi connectivity index (χ0n) is 9.95. The Morgan fingerprint density at radius 3 is 2.80 bits per heavy atom. The highest BCUT2D eigenvalue weighted by atomic mass is 16.5. The lowest BCUT2D eigenvalue weighted by atomic mass is 10.0. The third-order valence-corrected chi connectivity index (χ3v) is 2.61. The van der Waals surface area contributed by atoms with Gasteiger partial charge in [-0.05, 0) is 27.2 Å². The average molecular weight is 217 g/mol. The monoisotopic (exact) mass is 217 g/mol. The summed E-state index contributed by atoms with van der Waals surface area (Å²) < 4.78 is 10.6. The van der Waals surface area contributed by atoms with Crippen LogP contribution in [0.4, 0.5) is 0 Å². The lowest BCUT2D eigenvalue weighted by molar-refractivity contribution is 0.00342. The van der Waals surface area contributed by atoms with Gasteiger partial charge in [0.1, 0.15) is 0 Å². The molecule has 4 heteroatoms. The molecule has 0 aliphatic carbocycles. The Labute approximate surface area is 92.0 Å². The van der Waals surface area contributed by atoms with Crippen LogP contribution in [-0.4, -0.2) is 49.2 Å². The van der Waals surface area contributed by atoms with Gasteiger partial charge < -0.3 is 19.9 Å². The van der Waals surface area contributed by atoms with Crippen LogP contribution in [0, 0.1) is 0 Å². The zero-order valence-corrected chi connectivity index (χ0v) is 9.95. The molecule has 2 N–H and O–H groups in total. The Morgan fingerprint density at radius 2 is 2.27 bits per heavy atom. The Hall–Kier alpha value is -0.160. The van der Waals surface area contributed by atoms with Gasteiger partial charge in [-0.3, -0.25) is 0 Å². The van der Waals surface area contributed by atoms with Crippen LogP contribution in [0.1, 0.15) is 27.2 Å². The quantitative estimate of drug-likeness (QED) is 0.682. The van der Waals surface area contributed by atoms with Gasteiger partial charge in [0.2, 0.25) is 0 Å². The Kier molecular flexibility index (Phi) is 4.99. The van der Waals surface area contributed by atoms with Crippen molar-refractivity contribution in [2.24, 2.45) is 0 Å². The Balaban J connectivity index is 2.13. The summed E-state index contributed by atoms with van der Waals surface area (Å²) in [4.78, 5) is 0. The molecule has 2 unspecified atom stereocenters. The third-order valence-electron chi connectivity index (χ3n) is 2.61. The molecule has 4 nitrogen and oxygen atoms in total. The minimum Gasteiger partial charge on any atom is -0.389 e. The average Bonchev–Trinajstić information content (AvgIpc) is 2.60. The van der Waals surface area contributed by atoms with Gasteiger partial charge in [0.25, 0.3) is 0 Å². The van der Waals surface area contributed by atoms with Gasteiger partial charge in [-0.1, -0.05) is 0 Å². The summed E-state index contributed by atoms with van der Waals surface area (Å²) in [6.45, 7) is 8.54. The maximum atomic E-state index is 9.64. The summed E-state index contributed by atoms with van der Waals surface area (Å²) in [7, 11) is 0. The topological polar surface area (TPSA) is 50.7 Å². The van der Waals surface area contributed by atoms with E-state index in [1.165, 1.54) is 0 Å². The minimum atomic E-state index is -0.440. The molecule has 0 aromatic carbocycles. The summed E-state index contributed by atoms with van der Waals surface area (Å²) in [5.41, 5.74) is 0.0266. The van der Waals surface area contributed by atoms with Crippen LogP contribution in [0.2, 0.25) is 0 Å². The largest absolute Gasteiger partial charge is 0.389 e. The van der Waals surface area contributed by atoms with Crippen LogP contribution in [0.5, 0.6) is 0 Å². The summed E-state index contributed by atoms with van der Waals surface area (Å²) >= 11 is 0. The van der Waals surface area contributed by atoms with Crippen molar-refractivity contribution in [3.63, 3.8) is 0 Å². The van der Waals surface area contributed by atoms with Crippen molar-refractivity contribution < 1.29 is 14.6 Å². The first kappa shape index (κ1) is 12.9. The first-order chi connectivity index (χ1) is 7.02. The maximum Gasteiger partial charge on any atom is 0.0898 e. The van der Waals surface area contributed by atoms with Crippen LogP contribution in [0.15, 0.2) is 0 Å². The van der Waals surface area contributed by atoms with Crippen molar-refractivity contribution in [1.82, 2.24) is 5.32 Å². The van der Waals surface area contributed by atoms with Crippen LogP contribution in [0.3, 0.4) is 0 Å². The second-order valence-electron chi connectivity index (χ2n) is 4.78. The Morgan fingerprint density at radius 1 is 1.53 bits per heavy atom. The fourth-order valence-corrected chi connectivity index (χ4v) is 1.53. The molecule has 1 fully saturated rings. The summed E-state index contributed by atoms with van der Waals surface area (Å²) in [6, 6.07) is 0. The fourth-order valence-electron chi connectivity index (χ4n) is 1.53. The van der Waals surface area contributed by atoms with Gasteiger partial charge in [-0.15, -0.1) is 0 Å². The van der Waals surface area contributed by atoms with E-state index in [1.807, 2.05) is 13.8 Å². The minimum absolute atomic E-state index is 0.0266. The predicted molar refractivity (Wildman–Crippen MR) is 58.9 cm³/mol. The summed E-state index contributed by atoms with van der Waals surface area (Å²) in [5.74, 6) is 0. The highest BCUT2D eigenvalue weighted by Crippen LogP contribution is 2.17. The second kappa shape index (κ2) is 5.80. The van der Waals surface area contributed by atoms with E-state index in [1.54, 1.807) is 0 Å². The number of rotatable bonds is 6. The van der Waals surface area contributed by atoms with E-state index in [-0.39, 0.29) is 11.6 Å². The lowest BCUT2D eigenvalue weighted by Gasteiger charge is -2.25. The molecule has 0 bridgehead atoms. The molecule has 0 radical (unpaired) electrons. The number of nitrogens with one attached hydrogen (secondary N) is 1. The van der Waals surface area contributed by atoms with Crippen LogP contribution in [-0.2, 0) is 9.47 Å². The van der Waals surface area contributed by atoms with E-state index in [2.05, 4.69) is 12.2 Å². The summed E-state index contributed by atoms with van der Waals surface area (Å²) in [6.07, 6.45) is 0.736. The molecule has 0 aromatic heterocycles. The molecular formula is C11H23NO3. The standard InChI is InChI=1S/C11H23NO3/c1-9(2)15-7-10(13)6-12-11(3)4-5-14-8-11/h9-10,12-13H,4-8H2,1-3H3. The number of aliphatic hydroxyl groups is 1. The van der Waals surface area contributed by atoms with Gasteiger partial charge in [-0.25, -0.2) is 0 Å². The predicted octanol–water partition coefficient (Wildman–Crippen LogP) is 0.541. The van der Waals surface area contributed by atoms with Crippen LogP contribution < -0.4 is 5.32 Å². The molecular weight excluding hydrogens is 194 g/mol. The van der Waals surface area contributed by atoms with Crippen molar-refractivity contribution in [2.75, 3.05) is 26.4 Å². The number of aliphatic hydroxyl groups excluding tert-OH is 1. The smallest absolute Gasteiger partial charge is 0.0898 e. The zero-order chi connectivity index (χ0) is 11.3. The first-order valence-corrected chi connectivity index (χ1v) is 5.64. The van der Waals surface area contributed by atoms with Crippen molar-refractivity contribution >= 4 is 0 Å². The van der Waals surface area contributed by atoms with E-state index in [9.17, 15) is 5.11 Å². The number of β-amino-alcohol motifs (C(OH)–C–C–N with tert-alkyl or cyclic N) is 1. The fraction of sp³-hybridized carbons (Fsp3) is 1.00. The van der Waals surface area contributed by atoms with Gasteiger partial charge >= 0.3 is 0 Å². The van der Waals surface area contributed by atoms with Gasteiger partial charge in [0.15, 0.2) is 0 Å². The number of ether oxygens (including phenoxy) is 2. The molecule has 1 heterocycles. The Bertz CT molecular complexity index is 179. The normalized spacial score (nSPS) is 28.6. The molecule has 1 rings (SSSR count). The molecule has 1 saturated heterocycles.